The number of aromatic nitrogens is 4. The average molecular weight is 215 g/mol. The summed E-state index contributed by atoms with van der Waals surface area (Å²) in [6.07, 6.45) is 4.82. The van der Waals surface area contributed by atoms with Crippen LogP contribution in [0.15, 0.2) is 35.3 Å². The molecule has 0 spiro atoms. The molecule has 0 aromatic carbocycles. The number of H-pyrrole nitrogens is 1. The lowest BCUT2D eigenvalue weighted by molar-refractivity contribution is 0.615. The van der Waals surface area contributed by atoms with Gasteiger partial charge in [0.15, 0.2) is 0 Å². The highest BCUT2D eigenvalue weighted by molar-refractivity contribution is 5.87. The summed E-state index contributed by atoms with van der Waals surface area (Å²) < 4.78 is 5.28. The van der Waals surface area contributed by atoms with E-state index in [1.807, 2.05) is 12.1 Å². The lowest BCUT2D eigenvalue weighted by atomic mass is 10.3. The number of hydrogen-bond donors (Lipinski definition) is 2. The van der Waals surface area contributed by atoms with Crippen molar-refractivity contribution >= 4 is 16.8 Å². The van der Waals surface area contributed by atoms with Crippen LogP contribution in [0, 0.1) is 0 Å². The van der Waals surface area contributed by atoms with E-state index in [1.54, 1.807) is 12.5 Å². The number of furan rings is 1. The summed E-state index contributed by atoms with van der Waals surface area (Å²) in [5.74, 6) is 1.55. The monoisotopic (exact) mass is 215 g/mol. The number of fused-ring (bicyclic) bond motifs is 1. The molecule has 16 heavy (non-hydrogen) atoms. The number of pyridine rings is 1. The molecule has 0 saturated carbocycles. The molecule has 0 atom stereocenters. The van der Waals surface area contributed by atoms with Crippen molar-refractivity contribution in [3.63, 3.8) is 0 Å². The van der Waals surface area contributed by atoms with Crippen LogP contribution in [-0.4, -0.2) is 20.2 Å². The minimum atomic E-state index is 0.553. The van der Waals surface area contributed by atoms with E-state index in [9.17, 15) is 0 Å². The second-order valence-corrected chi connectivity index (χ2v) is 3.28. The molecule has 3 rings (SSSR count). The molecule has 0 aliphatic carbocycles. The van der Waals surface area contributed by atoms with Gasteiger partial charge >= 0.3 is 0 Å². The lowest BCUT2D eigenvalue weighted by Crippen LogP contribution is -2.02. The van der Waals surface area contributed by atoms with Crippen LogP contribution in [0.1, 0.15) is 5.82 Å². The Labute approximate surface area is 90.7 Å². The average Bonchev–Trinajstić information content (AvgIpc) is 2.97. The molecular weight excluding hydrogens is 206 g/mol. The van der Waals surface area contributed by atoms with Gasteiger partial charge in [-0.2, -0.15) is 5.10 Å². The van der Waals surface area contributed by atoms with Crippen molar-refractivity contribution in [2.24, 2.45) is 0 Å². The summed E-state index contributed by atoms with van der Waals surface area (Å²) in [4.78, 5) is 8.26. The maximum Gasteiger partial charge on any atom is 0.143 e. The largest absolute Gasteiger partial charge is 0.464 e. The number of aromatic amines is 1. The van der Waals surface area contributed by atoms with Gasteiger partial charge < -0.3 is 9.73 Å². The first-order chi connectivity index (χ1) is 7.93. The van der Waals surface area contributed by atoms with Gasteiger partial charge in [-0.3, -0.25) is 5.10 Å². The molecule has 0 bridgehead atoms. The van der Waals surface area contributed by atoms with Gasteiger partial charge in [0.05, 0.1) is 18.2 Å². The molecule has 2 N–H and O–H groups in total. The van der Waals surface area contributed by atoms with Crippen molar-refractivity contribution in [2.45, 2.75) is 6.54 Å². The first kappa shape index (κ1) is 8.90. The van der Waals surface area contributed by atoms with E-state index in [1.165, 1.54) is 6.33 Å². The Morgan fingerprint density at radius 2 is 2.31 bits per heavy atom. The zero-order valence-electron chi connectivity index (χ0n) is 8.34. The maximum atomic E-state index is 5.28. The normalized spacial score (nSPS) is 10.8. The summed E-state index contributed by atoms with van der Waals surface area (Å²) in [6, 6.07) is 3.71. The van der Waals surface area contributed by atoms with Crippen LogP contribution in [0.4, 0.5) is 5.82 Å². The molecule has 0 fully saturated rings. The number of nitrogens with zero attached hydrogens (tertiary/aromatic N) is 3. The summed E-state index contributed by atoms with van der Waals surface area (Å²) in [5.41, 5.74) is 0.815. The molecule has 80 valence electrons. The van der Waals surface area contributed by atoms with Crippen molar-refractivity contribution < 1.29 is 4.42 Å². The Morgan fingerprint density at radius 1 is 1.31 bits per heavy atom. The Balaban J connectivity index is 1.86. The molecule has 6 nitrogen and oxygen atoms in total. The molecule has 3 heterocycles. The molecule has 6 heteroatoms. The van der Waals surface area contributed by atoms with E-state index < -0.39 is 0 Å². The third-order valence-electron chi connectivity index (χ3n) is 2.27. The summed E-state index contributed by atoms with van der Waals surface area (Å²) in [5, 5.41) is 10.7. The first-order valence-corrected chi connectivity index (χ1v) is 4.84. The standard InChI is InChI=1S/C10H9N5O/c1-3-11-10(7-2-4-16-8(1)7)12-5-9-13-6-14-15-9/h1-4,6H,5H2,(H,11,12)(H,13,14,15). The van der Waals surface area contributed by atoms with Crippen LogP contribution in [0.2, 0.25) is 0 Å². The second kappa shape index (κ2) is 3.65. The highest BCUT2D eigenvalue weighted by Gasteiger charge is 2.04. The quantitative estimate of drug-likeness (QED) is 0.693. The van der Waals surface area contributed by atoms with Crippen molar-refractivity contribution in [3.8, 4) is 0 Å². The highest BCUT2D eigenvalue weighted by atomic mass is 16.3. The number of rotatable bonds is 3. The minimum Gasteiger partial charge on any atom is -0.464 e. The molecule has 0 aliphatic rings. The third-order valence-corrected chi connectivity index (χ3v) is 2.27. The van der Waals surface area contributed by atoms with Crippen molar-refractivity contribution in [1.29, 1.82) is 0 Å². The predicted molar refractivity (Wildman–Crippen MR) is 57.7 cm³/mol. The smallest absolute Gasteiger partial charge is 0.143 e. The van der Waals surface area contributed by atoms with Gasteiger partial charge in [-0.05, 0) is 12.1 Å². The van der Waals surface area contributed by atoms with Gasteiger partial charge in [0.1, 0.15) is 23.6 Å². The van der Waals surface area contributed by atoms with Gasteiger partial charge in [-0.1, -0.05) is 0 Å². The molecule has 3 aromatic rings. The van der Waals surface area contributed by atoms with Crippen molar-refractivity contribution in [3.05, 3.63) is 36.7 Å². The molecule has 0 unspecified atom stereocenters. The van der Waals surface area contributed by atoms with E-state index in [2.05, 4.69) is 25.5 Å². The van der Waals surface area contributed by atoms with Gasteiger partial charge in [-0.15, -0.1) is 0 Å². The fourth-order valence-corrected chi connectivity index (χ4v) is 1.52. The summed E-state index contributed by atoms with van der Waals surface area (Å²) >= 11 is 0. The molecular formula is C10H9N5O. The Morgan fingerprint density at radius 3 is 3.19 bits per heavy atom. The minimum absolute atomic E-state index is 0.553. The van der Waals surface area contributed by atoms with E-state index in [-0.39, 0.29) is 0 Å². The Hall–Kier alpha value is -2.37. The zero-order valence-corrected chi connectivity index (χ0v) is 8.34. The lowest BCUT2D eigenvalue weighted by Gasteiger charge is -2.03. The molecule has 0 amide bonds. The molecule has 0 radical (unpaired) electrons. The van der Waals surface area contributed by atoms with E-state index >= 15 is 0 Å². The van der Waals surface area contributed by atoms with Crippen molar-refractivity contribution in [2.75, 3.05) is 5.32 Å². The van der Waals surface area contributed by atoms with E-state index in [0.717, 1.165) is 22.6 Å². The molecule has 0 aliphatic heterocycles. The second-order valence-electron chi connectivity index (χ2n) is 3.28. The topological polar surface area (TPSA) is 79.6 Å². The molecule has 0 saturated heterocycles. The fraction of sp³-hybridized carbons (Fsp3) is 0.100. The predicted octanol–water partition coefficient (Wildman–Crippen LogP) is 1.56. The van der Waals surface area contributed by atoms with Crippen LogP contribution in [0.5, 0.6) is 0 Å². The maximum absolute atomic E-state index is 5.28. The van der Waals surface area contributed by atoms with Crippen LogP contribution in [0.25, 0.3) is 11.0 Å². The summed E-state index contributed by atoms with van der Waals surface area (Å²) in [7, 11) is 0. The van der Waals surface area contributed by atoms with E-state index in [4.69, 9.17) is 4.42 Å². The van der Waals surface area contributed by atoms with E-state index in [0.29, 0.717) is 6.54 Å². The van der Waals surface area contributed by atoms with Gasteiger partial charge in [0, 0.05) is 6.20 Å². The van der Waals surface area contributed by atoms with Crippen LogP contribution >= 0.6 is 0 Å². The SMILES string of the molecule is c1n[nH]c(CNc2nccc3occc23)n1. The van der Waals surface area contributed by atoms with Crippen molar-refractivity contribution in [1.82, 2.24) is 20.2 Å². The summed E-state index contributed by atoms with van der Waals surface area (Å²) in [6.45, 7) is 0.553. The number of hydrogen-bond acceptors (Lipinski definition) is 5. The first-order valence-electron chi connectivity index (χ1n) is 4.84. The van der Waals surface area contributed by atoms with Crippen LogP contribution in [-0.2, 0) is 6.54 Å². The molecule has 3 aromatic heterocycles. The van der Waals surface area contributed by atoms with Gasteiger partial charge in [0.25, 0.3) is 0 Å². The van der Waals surface area contributed by atoms with Gasteiger partial charge in [0.2, 0.25) is 0 Å². The highest BCUT2D eigenvalue weighted by Crippen LogP contribution is 2.21. The van der Waals surface area contributed by atoms with Crippen LogP contribution in [0.3, 0.4) is 0 Å². The Bertz CT molecular complexity index is 586. The van der Waals surface area contributed by atoms with Gasteiger partial charge in [-0.25, -0.2) is 9.97 Å². The third kappa shape index (κ3) is 1.50. The zero-order chi connectivity index (χ0) is 10.8. The number of anilines is 1. The van der Waals surface area contributed by atoms with Crippen LogP contribution < -0.4 is 5.32 Å². The fourth-order valence-electron chi connectivity index (χ4n) is 1.52. The number of nitrogens with one attached hydrogen (secondary N) is 2. The Kier molecular flexibility index (Phi) is 2.03.